The highest BCUT2D eigenvalue weighted by atomic mass is 32.2. The van der Waals surface area contributed by atoms with E-state index in [-0.39, 0.29) is 5.91 Å². The standard InChI is InChI=1S/C20H19N3O2S2/c1-2-25-17-12-6-11-16(14-17)18(24)21-19-22-23-20(27-19)26-13-7-10-15-8-4-3-5-9-15/h3-12,14H,2,13H2,1H3,(H,21,22,24)/b10-7+. The van der Waals surface area contributed by atoms with Crippen LogP contribution in [0.25, 0.3) is 6.08 Å². The van der Waals surface area contributed by atoms with Crippen LogP contribution in [0.3, 0.4) is 0 Å². The highest BCUT2D eigenvalue weighted by molar-refractivity contribution is 8.01. The quantitative estimate of drug-likeness (QED) is 0.428. The third kappa shape index (κ3) is 5.94. The average Bonchev–Trinajstić information content (AvgIpc) is 3.14. The first kappa shape index (κ1) is 19.1. The van der Waals surface area contributed by atoms with Crippen molar-refractivity contribution in [3.05, 3.63) is 71.8 Å². The van der Waals surface area contributed by atoms with Crippen molar-refractivity contribution in [1.82, 2.24) is 10.2 Å². The Morgan fingerprint density at radius 2 is 2.04 bits per heavy atom. The number of benzene rings is 2. The molecule has 1 amide bonds. The Morgan fingerprint density at radius 1 is 1.19 bits per heavy atom. The zero-order valence-corrected chi connectivity index (χ0v) is 16.4. The lowest BCUT2D eigenvalue weighted by Gasteiger charge is -2.05. The highest BCUT2D eigenvalue weighted by Gasteiger charge is 2.11. The van der Waals surface area contributed by atoms with Gasteiger partial charge in [0, 0.05) is 11.3 Å². The molecule has 0 radical (unpaired) electrons. The summed E-state index contributed by atoms with van der Waals surface area (Å²) in [5.41, 5.74) is 1.69. The van der Waals surface area contributed by atoms with E-state index in [0.717, 1.165) is 15.7 Å². The molecule has 0 atom stereocenters. The second kappa shape index (κ2) is 9.89. The summed E-state index contributed by atoms with van der Waals surface area (Å²) in [4.78, 5) is 12.4. The topological polar surface area (TPSA) is 64.1 Å². The van der Waals surface area contributed by atoms with Crippen LogP contribution in [-0.4, -0.2) is 28.5 Å². The monoisotopic (exact) mass is 397 g/mol. The van der Waals surface area contributed by atoms with Crippen molar-refractivity contribution in [3.8, 4) is 5.75 Å². The lowest BCUT2D eigenvalue weighted by molar-refractivity contribution is 0.102. The molecule has 0 bridgehead atoms. The van der Waals surface area contributed by atoms with Crippen molar-refractivity contribution in [2.24, 2.45) is 0 Å². The molecule has 0 aliphatic carbocycles. The molecule has 0 aliphatic heterocycles. The van der Waals surface area contributed by atoms with Crippen LogP contribution >= 0.6 is 23.1 Å². The molecule has 1 N–H and O–H groups in total. The molecule has 5 nitrogen and oxygen atoms in total. The zero-order chi connectivity index (χ0) is 18.9. The maximum Gasteiger partial charge on any atom is 0.257 e. The Hall–Kier alpha value is -2.64. The molecule has 7 heteroatoms. The smallest absolute Gasteiger partial charge is 0.257 e. The number of ether oxygens (including phenoxy) is 1. The van der Waals surface area contributed by atoms with Crippen LogP contribution in [0.15, 0.2) is 65.0 Å². The number of amides is 1. The number of thioether (sulfide) groups is 1. The molecule has 0 saturated heterocycles. The van der Waals surface area contributed by atoms with E-state index in [1.54, 1.807) is 30.0 Å². The fourth-order valence-electron chi connectivity index (χ4n) is 2.25. The molecule has 2 aromatic carbocycles. The van der Waals surface area contributed by atoms with Crippen molar-refractivity contribution in [1.29, 1.82) is 0 Å². The van der Waals surface area contributed by atoms with E-state index in [0.29, 0.717) is 23.1 Å². The summed E-state index contributed by atoms with van der Waals surface area (Å²) < 4.78 is 6.23. The molecule has 0 saturated carbocycles. The van der Waals surface area contributed by atoms with Gasteiger partial charge in [0.1, 0.15) is 5.75 Å². The van der Waals surface area contributed by atoms with E-state index in [1.807, 2.05) is 31.2 Å². The molecular weight excluding hydrogens is 378 g/mol. The second-order valence-corrected chi connectivity index (χ2v) is 7.66. The summed E-state index contributed by atoms with van der Waals surface area (Å²) in [6.45, 7) is 2.46. The minimum atomic E-state index is -0.228. The molecule has 3 aromatic rings. The molecule has 1 heterocycles. The van der Waals surface area contributed by atoms with E-state index in [2.05, 4.69) is 39.8 Å². The third-order valence-electron chi connectivity index (χ3n) is 3.45. The number of aromatic nitrogens is 2. The summed E-state index contributed by atoms with van der Waals surface area (Å²) in [5.74, 6) is 1.23. The Bertz CT molecular complexity index is 910. The van der Waals surface area contributed by atoms with Crippen LogP contribution in [0.5, 0.6) is 5.75 Å². The Balaban J connectivity index is 1.52. The van der Waals surface area contributed by atoms with Gasteiger partial charge in [-0.1, -0.05) is 71.6 Å². The van der Waals surface area contributed by atoms with Crippen LogP contribution < -0.4 is 10.1 Å². The normalized spacial score (nSPS) is 10.9. The van der Waals surface area contributed by atoms with Gasteiger partial charge >= 0.3 is 0 Å². The van der Waals surface area contributed by atoms with Crippen LogP contribution in [-0.2, 0) is 0 Å². The molecule has 138 valence electrons. The van der Waals surface area contributed by atoms with Gasteiger partial charge in [0.05, 0.1) is 6.61 Å². The molecular formula is C20H19N3O2S2. The minimum Gasteiger partial charge on any atom is -0.494 e. The summed E-state index contributed by atoms with van der Waals surface area (Å²) in [6.07, 6.45) is 4.15. The number of nitrogens with one attached hydrogen (secondary N) is 1. The number of hydrogen-bond donors (Lipinski definition) is 1. The number of carbonyl (C=O) groups excluding carboxylic acids is 1. The second-order valence-electron chi connectivity index (χ2n) is 5.41. The lowest BCUT2D eigenvalue weighted by atomic mass is 10.2. The van der Waals surface area contributed by atoms with Crippen molar-refractivity contribution in [2.45, 2.75) is 11.3 Å². The fourth-order valence-corrected chi connectivity index (χ4v) is 3.83. The molecule has 0 aliphatic rings. The molecule has 3 rings (SSSR count). The predicted octanol–water partition coefficient (Wildman–Crippen LogP) is 4.99. The van der Waals surface area contributed by atoms with Gasteiger partial charge in [0.25, 0.3) is 5.91 Å². The van der Waals surface area contributed by atoms with E-state index >= 15 is 0 Å². The highest BCUT2D eigenvalue weighted by Crippen LogP contribution is 2.26. The Kier molecular flexibility index (Phi) is 7.01. The maximum atomic E-state index is 12.4. The van der Waals surface area contributed by atoms with Crippen molar-refractivity contribution < 1.29 is 9.53 Å². The van der Waals surface area contributed by atoms with E-state index < -0.39 is 0 Å². The molecule has 1 aromatic heterocycles. The van der Waals surface area contributed by atoms with Crippen molar-refractivity contribution >= 4 is 40.2 Å². The fraction of sp³-hybridized carbons (Fsp3) is 0.150. The van der Waals surface area contributed by atoms with Crippen LogP contribution in [0.4, 0.5) is 5.13 Å². The zero-order valence-electron chi connectivity index (χ0n) is 14.8. The first-order valence-electron chi connectivity index (χ1n) is 8.46. The Labute approximate surface area is 166 Å². The first-order valence-corrected chi connectivity index (χ1v) is 10.3. The number of hydrogen-bond acceptors (Lipinski definition) is 6. The maximum absolute atomic E-state index is 12.4. The van der Waals surface area contributed by atoms with Crippen molar-refractivity contribution in [3.63, 3.8) is 0 Å². The van der Waals surface area contributed by atoms with Gasteiger partial charge in [0.15, 0.2) is 4.34 Å². The molecule has 0 fully saturated rings. The van der Waals surface area contributed by atoms with Gasteiger partial charge in [-0.3, -0.25) is 10.1 Å². The predicted molar refractivity (Wildman–Crippen MR) is 112 cm³/mol. The largest absolute Gasteiger partial charge is 0.494 e. The van der Waals surface area contributed by atoms with Crippen LogP contribution in [0.2, 0.25) is 0 Å². The average molecular weight is 398 g/mol. The number of nitrogens with zero attached hydrogens (tertiary/aromatic N) is 2. The van der Waals surface area contributed by atoms with Gasteiger partial charge in [-0.05, 0) is 30.7 Å². The minimum absolute atomic E-state index is 0.228. The summed E-state index contributed by atoms with van der Waals surface area (Å²) >= 11 is 2.94. The van der Waals surface area contributed by atoms with Gasteiger partial charge in [-0.25, -0.2) is 0 Å². The van der Waals surface area contributed by atoms with E-state index in [1.165, 1.54) is 11.3 Å². The van der Waals surface area contributed by atoms with E-state index in [4.69, 9.17) is 4.74 Å². The number of rotatable bonds is 8. The molecule has 0 unspecified atom stereocenters. The number of carbonyl (C=O) groups is 1. The van der Waals surface area contributed by atoms with Gasteiger partial charge in [-0.15, -0.1) is 10.2 Å². The Morgan fingerprint density at radius 3 is 2.85 bits per heavy atom. The first-order chi connectivity index (χ1) is 13.2. The molecule has 0 spiro atoms. The lowest BCUT2D eigenvalue weighted by Crippen LogP contribution is -2.11. The van der Waals surface area contributed by atoms with Crippen molar-refractivity contribution in [2.75, 3.05) is 17.7 Å². The van der Waals surface area contributed by atoms with Gasteiger partial charge < -0.3 is 4.74 Å². The van der Waals surface area contributed by atoms with E-state index in [9.17, 15) is 4.79 Å². The van der Waals surface area contributed by atoms with Crippen LogP contribution in [0, 0.1) is 0 Å². The van der Waals surface area contributed by atoms with Crippen LogP contribution in [0.1, 0.15) is 22.8 Å². The third-order valence-corrected chi connectivity index (χ3v) is 5.37. The number of anilines is 1. The molecule has 27 heavy (non-hydrogen) atoms. The summed E-state index contributed by atoms with van der Waals surface area (Å²) in [6, 6.07) is 17.2. The van der Waals surface area contributed by atoms with Gasteiger partial charge in [-0.2, -0.15) is 0 Å². The van der Waals surface area contributed by atoms with Gasteiger partial charge in [0.2, 0.25) is 5.13 Å². The SMILES string of the molecule is CCOc1cccc(C(=O)Nc2nnc(SC/C=C/c3ccccc3)s2)c1. The summed E-state index contributed by atoms with van der Waals surface area (Å²) in [7, 11) is 0. The summed E-state index contributed by atoms with van der Waals surface area (Å²) in [5, 5.41) is 11.4.